The minimum atomic E-state index is -0.498. The second-order valence-corrected chi connectivity index (χ2v) is 5.78. The molecule has 3 rings (SSSR count). The third-order valence-corrected chi connectivity index (χ3v) is 4.04. The van der Waals surface area contributed by atoms with Crippen LogP contribution in [0.25, 0.3) is 0 Å². The van der Waals surface area contributed by atoms with E-state index in [1.165, 1.54) is 6.20 Å². The molecule has 2 heterocycles. The van der Waals surface area contributed by atoms with E-state index < -0.39 is 5.91 Å². The van der Waals surface area contributed by atoms with Crippen LogP contribution < -0.4 is 15.8 Å². The number of hydrogen-bond donors (Lipinski definition) is 2. The van der Waals surface area contributed by atoms with E-state index in [0.29, 0.717) is 42.3 Å². The molecule has 8 heteroatoms. The molecular weight excluding hydrogens is 326 g/mol. The molecule has 1 saturated heterocycles. The van der Waals surface area contributed by atoms with Crippen molar-refractivity contribution in [2.45, 2.75) is 25.5 Å². The zero-order valence-corrected chi connectivity index (χ0v) is 13.7. The molecule has 0 bridgehead atoms. The Morgan fingerprint density at radius 2 is 2.08 bits per heavy atom. The highest BCUT2D eigenvalue weighted by Crippen LogP contribution is 2.19. The van der Waals surface area contributed by atoms with Crippen LogP contribution in [0.5, 0.6) is 5.75 Å². The van der Waals surface area contributed by atoms with Crippen LogP contribution in [0.3, 0.4) is 0 Å². The summed E-state index contributed by atoms with van der Waals surface area (Å²) in [5.41, 5.74) is 6.03. The van der Waals surface area contributed by atoms with E-state index in [0.717, 1.165) is 0 Å². The minimum Gasteiger partial charge on any atom is -0.486 e. The highest BCUT2D eigenvalue weighted by molar-refractivity contribution is 5.95. The number of amides is 2. The lowest BCUT2D eigenvalue weighted by Crippen LogP contribution is -2.51. The van der Waals surface area contributed by atoms with Crippen molar-refractivity contribution in [1.29, 1.82) is 0 Å². The fourth-order valence-corrected chi connectivity index (χ4v) is 2.63. The molecule has 2 aromatic rings. The largest absolute Gasteiger partial charge is 0.486 e. The van der Waals surface area contributed by atoms with Crippen LogP contribution in [0, 0.1) is 6.92 Å². The number of ether oxygens (including phenoxy) is 2. The maximum Gasteiger partial charge on any atom is 0.256 e. The number of primary amides is 1. The van der Waals surface area contributed by atoms with E-state index in [2.05, 4.69) is 10.5 Å². The van der Waals surface area contributed by atoms with Gasteiger partial charge in [0.2, 0.25) is 5.91 Å². The third kappa shape index (κ3) is 3.97. The molecule has 1 aliphatic rings. The molecule has 8 nitrogen and oxygen atoms in total. The van der Waals surface area contributed by atoms with Gasteiger partial charge in [0.15, 0.2) is 0 Å². The number of nitrogens with two attached hydrogens (primary N) is 1. The first-order chi connectivity index (χ1) is 12.0. The summed E-state index contributed by atoms with van der Waals surface area (Å²) in [4.78, 5) is 23.5. The number of nitrogens with zero attached hydrogens (tertiary/aromatic N) is 1. The zero-order valence-electron chi connectivity index (χ0n) is 13.7. The Balaban J connectivity index is 1.67. The van der Waals surface area contributed by atoms with Crippen LogP contribution in [0.15, 0.2) is 35.0 Å². The first-order valence-electron chi connectivity index (χ1n) is 7.91. The lowest BCUT2D eigenvalue weighted by atomic mass is 10.1. The highest BCUT2D eigenvalue weighted by atomic mass is 16.5. The van der Waals surface area contributed by atoms with Gasteiger partial charge in [-0.3, -0.25) is 9.59 Å². The maximum atomic E-state index is 12.4. The summed E-state index contributed by atoms with van der Waals surface area (Å²) in [6.45, 7) is 2.57. The Kier molecular flexibility index (Phi) is 4.99. The van der Waals surface area contributed by atoms with Gasteiger partial charge in [-0.2, -0.15) is 0 Å². The van der Waals surface area contributed by atoms with Crippen molar-refractivity contribution < 1.29 is 23.6 Å². The lowest BCUT2D eigenvalue weighted by molar-refractivity contribution is -0.0135. The second kappa shape index (κ2) is 7.35. The van der Waals surface area contributed by atoms with Gasteiger partial charge in [0.05, 0.1) is 18.8 Å². The van der Waals surface area contributed by atoms with Gasteiger partial charge in [-0.25, -0.2) is 0 Å². The monoisotopic (exact) mass is 345 g/mol. The van der Waals surface area contributed by atoms with E-state index in [9.17, 15) is 9.59 Å². The molecule has 1 fully saturated rings. The van der Waals surface area contributed by atoms with Gasteiger partial charge < -0.3 is 25.0 Å². The number of carbonyl (C=O) groups excluding carboxylic acids is 2. The van der Waals surface area contributed by atoms with Gasteiger partial charge >= 0.3 is 0 Å². The van der Waals surface area contributed by atoms with Crippen molar-refractivity contribution in [3.63, 3.8) is 0 Å². The molecule has 0 spiro atoms. The van der Waals surface area contributed by atoms with E-state index in [-0.39, 0.29) is 18.1 Å². The Labute approximate surface area is 144 Å². The van der Waals surface area contributed by atoms with E-state index in [1.54, 1.807) is 31.2 Å². The highest BCUT2D eigenvalue weighted by Gasteiger charge is 2.30. The predicted molar refractivity (Wildman–Crippen MR) is 87.3 cm³/mol. The third-order valence-electron chi connectivity index (χ3n) is 4.04. The quantitative estimate of drug-likeness (QED) is 0.836. The van der Waals surface area contributed by atoms with E-state index >= 15 is 0 Å². The minimum absolute atomic E-state index is 0.216. The van der Waals surface area contributed by atoms with Crippen LogP contribution in [0.1, 0.15) is 32.9 Å². The number of benzene rings is 1. The van der Waals surface area contributed by atoms with Gasteiger partial charge in [0.1, 0.15) is 23.2 Å². The number of carbonyl (C=O) groups is 2. The summed E-state index contributed by atoms with van der Waals surface area (Å²) in [5.74, 6) is 0.273. The van der Waals surface area contributed by atoms with Crippen molar-refractivity contribution in [3.05, 3.63) is 47.3 Å². The number of rotatable bonds is 5. The molecule has 0 aliphatic carbocycles. The number of hydrogen-bond acceptors (Lipinski definition) is 6. The predicted octanol–water partition coefficient (Wildman–Crippen LogP) is 1.05. The fourth-order valence-electron chi connectivity index (χ4n) is 2.63. The Bertz CT molecular complexity index is 756. The molecule has 25 heavy (non-hydrogen) atoms. The molecule has 0 radical (unpaired) electrons. The lowest BCUT2D eigenvalue weighted by Gasteiger charge is -2.32. The first kappa shape index (κ1) is 17.0. The number of aryl methyl sites for hydroxylation is 1. The van der Waals surface area contributed by atoms with Gasteiger partial charge in [-0.05, 0) is 37.6 Å². The second-order valence-electron chi connectivity index (χ2n) is 5.78. The Hall–Kier alpha value is -2.87. The molecule has 1 aromatic heterocycles. The number of nitrogens with one attached hydrogen (secondary N) is 1. The standard InChI is InChI=1S/C17H19N3O5/c1-10-13(8-19-25-10)17(22)20-14-6-7-23-9-15(14)24-12-4-2-11(3-5-12)16(18)21/h2-5,8,14-15H,6-7,9H2,1H3,(H2,18,21)(H,20,22)/t14-,15-/m1/s1. The summed E-state index contributed by atoms with van der Waals surface area (Å²) in [7, 11) is 0. The number of aromatic nitrogens is 1. The Morgan fingerprint density at radius 1 is 1.32 bits per heavy atom. The molecule has 132 valence electrons. The summed E-state index contributed by atoms with van der Waals surface area (Å²) in [5, 5.41) is 6.56. The van der Waals surface area contributed by atoms with Crippen LogP contribution in [0.4, 0.5) is 0 Å². The van der Waals surface area contributed by atoms with E-state index in [4.69, 9.17) is 19.7 Å². The van der Waals surface area contributed by atoms with Crippen molar-refractivity contribution in [3.8, 4) is 5.75 Å². The van der Waals surface area contributed by atoms with Gasteiger partial charge in [-0.15, -0.1) is 0 Å². The molecule has 0 unspecified atom stereocenters. The van der Waals surface area contributed by atoms with Gasteiger partial charge in [0.25, 0.3) is 5.91 Å². The Morgan fingerprint density at radius 3 is 2.72 bits per heavy atom. The smallest absolute Gasteiger partial charge is 0.256 e. The van der Waals surface area contributed by atoms with Crippen molar-refractivity contribution in [1.82, 2.24) is 10.5 Å². The van der Waals surface area contributed by atoms with Crippen molar-refractivity contribution in [2.75, 3.05) is 13.2 Å². The van der Waals surface area contributed by atoms with Crippen molar-refractivity contribution >= 4 is 11.8 Å². The summed E-state index contributed by atoms with van der Waals surface area (Å²) >= 11 is 0. The maximum absolute atomic E-state index is 12.4. The molecule has 3 N–H and O–H groups in total. The van der Waals surface area contributed by atoms with Crippen LogP contribution in [-0.4, -0.2) is 42.3 Å². The summed E-state index contributed by atoms with van der Waals surface area (Å²) in [6.07, 6.45) is 1.67. The molecule has 1 aromatic carbocycles. The first-order valence-corrected chi connectivity index (χ1v) is 7.91. The molecule has 0 saturated carbocycles. The molecular formula is C17H19N3O5. The zero-order chi connectivity index (χ0) is 17.8. The van der Waals surface area contributed by atoms with Crippen LogP contribution in [-0.2, 0) is 4.74 Å². The average molecular weight is 345 g/mol. The fraction of sp³-hybridized carbons (Fsp3) is 0.353. The molecule has 1 aliphatic heterocycles. The topological polar surface area (TPSA) is 117 Å². The SMILES string of the molecule is Cc1oncc1C(=O)N[C@@H]1CCOC[C@H]1Oc1ccc(C(N)=O)cc1. The van der Waals surface area contributed by atoms with Gasteiger partial charge in [0, 0.05) is 12.2 Å². The molecule has 2 amide bonds. The van der Waals surface area contributed by atoms with Gasteiger partial charge in [-0.1, -0.05) is 5.16 Å². The van der Waals surface area contributed by atoms with E-state index in [1.807, 2.05) is 0 Å². The van der Waals surface area contributed by atoms with Crippen molar-refractivity contribution in [2.24, 2.45) is 5.73 Å². The van der Waals surface area contributed by atoms with Crippen LogP contribution in [0.2, 0.25) is 0 Å². The average Bonchev–Trinajstić information content (AvgIpc) is 3.03. The summed E-state index contributed by atoms with van der Waals surface area (Å²) < 4.78 is 16.3. The summed E-state index contributed by atoms with van der Waals surface area (Å²) in [6, 6.07) is 6.30. The molecule has 2 atom stereocenters. The normalized spacial score (nSPS) is 20.0. The van der Waals surface area contributed by atoms with Crippen LogP contribution >= 0.6 is 0 Å².